The summed E-state index contributed by atoms with van der Waals surface area (Å²) >= 11 is 0. The molecule has 0 heterocycles. The Bertz CT molecular complexity index is 711. The summed E-state index contributed by atoms with van der Waals surface area (Å²) in [5.41, 5.74) is 0.997. The molecule has 1 unspecified atom stereocenters. The largest absolute Gasteiger partial charge is 0.508 e. The van der Waals surface area contributed by atoms with Crippen molar-refractivity contribution >= 4 is 0 Å². The van der Waals surface area contributed by atoms with Crippen LogP contribution in [-0.2, 0) is 6.42 Å². The van der Waals surface area contributed by atoms with Gasteiger partial charge < -0.3 is 25.2 Å². The minimum atomic E-state index is -1.26. The highest BCUT2D eigenvalue weighted by molar-refractivity contribution is 5.49. The van der Waals surface area contributed by atoms with E-state index in [0.717, 1.165) is 11.1 Å². The van der Waals surface area contributed by atoms with E-state index in [1.54, 1.807) is 25.1 Å². The van der Waals surface area contributed by atoms with E-state index in [-0.39, 0.29) is 17.9 Å². The Labute approximate surface area is 141 Å². The van der Waals surface area contributed by atoms with Gasteiger partial charge in [-0.1, -0.05) is 0 Å². The van der Waals surface area contributed by atoms with Gasteiger partial charge in [0.1, 0.15) is 23.0 Å². The van der Waals surface area contributed by atoms with Gasteiger partial charge in [0.25, 0.3) is 0 Å². The second-order valence-corrected chi connectivity index (χ2v) is 6.72. The molecule has 0 saturated carbocycles. The van der Waals surface area contributed by atoms with Crippen molar-refractivity contribution in [3.63, 3.8) is 0 Å². The molecule has 0 aliphatic heterocycles. The molecule has 2 rings (SSSR count). The van der Waals surface area contributed by atoms with Crippen molar-refractivity contribution in [3.8, 4) is 23.0 Å². The number of ether oxygens (including phenoxy) is 1. The molecule has 0 aromatic heterocycles. The molecule has 24 heavy (non-hydrogen) atoms. The molecule has 0 spiro atoms. The third kappa shape index (κ3) is 4.40. The highest BCUT2D eigenvalue weighted by Crippen LogP contribution is 2.35. The maximum absolute atomic E-state index is 10.2. The molecule has 2 aromatic rings. The molecule has 0 aliphatic carbocycles. The van der Waals surface area contributed by atoms with Gasteiger partial charge in [-0.05, 0) is 57.0 Å². The molecule has 130 valence electrons. The maximum atomic E-state index is 10.2. The van der Waals surface area contributed by atoms with Crippen LogP contribution in [-0.4, -0.2) is 32.1 Å². The monoisotopic (exact) mass is 332 g/mol. The number of aliphatic hydroxyl groups excluding tert-OH is 1. The van der Waals surface area contributed by atoms with E-state index in [1.165, 1.54) is 26.0 Å². The number of rotatable bonds is 5. The zero-order valence-corrected chi connectivity index (χ0v) is 14.4. The van der Waals surface area contributed by atoms with E-state index in [4.69, 9.17) is 4.74 Å². The lowest BCUT2D eigenvalue weighted by Crippen LogP contribution is -2.37. The third-order valence-corrected chi connectivity index (χ3v) is 3.89. The Kier molecular flexibility index (Phi) is 5.06. The third-order valence-electron chi connectivity index (χ3n) is 3.89. The number of benzene rings is 2. The van der Waals surface area contributed by atoms with Gasteiger partial charge in [0.15, 0.2) is 0 Å². The first-order valence-corrected chi connectivity index (χ1v) is 7.77. The fourth-order valence-corrected chi connectivity index (χ4v) is 2.48. The smallest absolute Gasteiger partial charge is 0.134 e. The number of phenolic OH excluding ortho intramolecular Hbond substituents is 2. The molecular formula is C19H24O5. The SMILES string of the molecule is Cc1cc(O)cc(Oc2cc(O)cc(C)c2CC(O)C(C)(C)O)c1. The average molecular weight is 332 g/mol. The summed E-state index contributed by atoms with van der Waals surface area (Å²) < 4.78 is 5.83. The highest BCUT2D eigenvalue weighted by atomic mass is 16.5. The van der Waals surface area contributed by atoms with Gasteiger partial charge >= 0.3 is 0 Å². The maximum Gasteiger partial charge on any atom is 0.134 e. The summed E-state index contributed by atoms with van der Waals surface area (Å²) in [5.74, 6) is 0.929. The topological polar surface area (TPSA) is 90.2 Å². The van der Waals surface area contributed by atoms with Crippen molar-refractivity contribution in [1.29, 1.82) is 0 Å². The van der Waals surface area contributed by atoms with E-state index in [9.17, 15) is 20.4 Å². The van der Waals surface area contributed by atoms with E-state index >= 15 is 0 Å². The molecule has 5 nitrogen and oxygen atoms in total. The fourth-order valence-electron chi connectivity index (χ4n) is 2.48. The highest BCUT2D eigenvalue weighted by Gasteiger charge is 2.26. The van der Waals surface area contributed by atoms with Gasteiger partial charge in [-0.2, -0.15) is 0 Å². The van der Waals surface area contributed by atoms with Crippen LogP contribution < -0.4 is 4.74 Å². The van der Waals surface area contributed by atoms with Gasteiger partial charge in [-0.15, -0.1) is 0 Å². The van der Waals surface area contributed by atoms with Gasteiger partial charge in [0.05, 0.1) is 11.7 Å². The van der Waals surface area contributed by atoms with Crippen molar-refractivity contribution in [2.24, 2.45) is 0 Å². The molecule has 5 heteroatoms. The second kappa shape index (κ2) is 6.71. The molecule has 0 bridgehead atoms. The summed E-state index contributed by atoms with van der Waals surface area (Å²) in [6.07, 6.45) is -0.822. The molecule has 0 saturated heterocycles. The lowest BCUT2D eigenvalue weighted by atomic mass is 9.92. The molecule has 4 N–H and O–H groups in total. The molecule has 1 atom stereocenters. The first-order chi connectivity index (χ1) is 11.1. The Morgan fingerprint density at radius 3 is 2.21 bits per heavy atom. The predicted octanol–water partition coefficient (Wildman–Crippen LogP) is 3.18. The standard InChI is InChI=1S/C19H24O5/c1-11-5-13(20)8-15(6-11)24-17-9-14(21)7-12(2)16(17)10-18(22)19(3,4)23/h5-9,18,20-23H,10H2,1-4H3. The summed E-state index contributed by atoms with van der Waals surface area (Å²) in [6.45, 7) is 6.70. The predicted molar refractivity (Wildman–Crippen MR) is 91.8 cm³/mol. The molecular weight excluding hydrogens is 308 g/mol. The van der Waals surface area contributed by atoms with Crippen LogP contribution in [0.1, 0.15) is 30.5 Å². The van der Waals surface area contributed by atoms with Crippen LogP contribution in [0.25, 0.3) is 0 Å². The van der Waals surface area contributed by atoms with Crippen LogP contribution >= 0.6 is 0 Å². The van der Waals surface area contributed by atoms with Crippen LogP contribution in [0, 0.1) is 13.8 Å². The van der Waals surface area contributed by atoms with Gasteiger partial charge in [0.2, 0.25) is 0 Å². The Hall–Kier alpha value is -2.24. The van der Waals surface area contributed by atoms with Crippen LogP contribution in [0.2, 0.25) is 0 Å². The van der Waals surface area contributed by atoms with Gasteiger partial charge in [-0.25, -0.2) is 0 Å². The Morgan fingerprint density at radius 2 is 1.62 bits per heavy atom. The zero-order chi connectivity index (χ0) is 18.1. The number of aliphatic hydroxyl groups is 2. The Balaban J connectivity index is 2.41. The summed E-state index contributed by atoms with van der Waals surface area (Å²) in [7, 11) is 0. The van der Waals surface area contributed by atoms with Crippen LogP contribution in [0.5, 0.6) is 23.0 Å². The average Bonchev–Trinajstić information content (AvgIpc) is 2.40. The van der Waals surface area contributed by atoms with Crippen LogP contribution in [0.3, 0.4) is 0 Å². The van der Waals surface area contributed by atoms with Crippen LogP contribution in [0.15, 0.2) is 30.3 Å². The van der Waals surface area contributed by atoms with Gasteiger partial charge in [-0.3, -0.25) is 0 Å². The fraction of sp³-hybridized carbons (Fsp3) is 0.368. The quantitative estimate of drug-likeness (QED) is 0.675. The number of aromatic hydroxyl groups is 2. The molecule has 0 radical (unpaired) electrons. The van der Waals surface area contributed by atoms with Crippen molar-refractivity contribution in [2.45, 2.75) is 45.8 Å². The van der Waals surface area contributed by atoms with E-state index in [0.29, 0.717) is 17.1 Å². The number of aryl methyl sites for hydroxylation is 2. The summed E-state index contributed by atoms with van der Waals surface area (Å²) in [5, 5.41) is 39.7. The number of phenols is 2. The zero-order valence-electron chi connectivity index (χ0n) is 14.4. The van der Waals surface area contributed by atoms with Crippen molar-refractivity contribution in [1.82, 2.24) is 0 Å². The van der Waals surface area contributed by atoms with Gasteiger partial charge in [0, 0.05) is 24.1 Å². The summed E-state index contributed by atoms with van der Waals surface area (Å²) in [4.78, 5) is 0. The number of hydrogen-bond acceptors (Lipinski definition) is 5. The van der Waals surface area contributed by atoms with E-state index < -0.39 is 11.7 Å². The van der Waals surface area contributed by atoms with Crippen LogP contribution in [0.4, 0.5) is 0 Å². The van der Waals surface area contributed by atoms with Crippen molar-refractivity contribution in [2.75, 3.05) is 0 Å². The van der Waals surface area contributed by atoms with Crippen molar-refractivity contribution < 1.29 is 25.2 Å². The molecule has 2 aromatic carbocycles. The minimum Gasteiger partial charge on any atom is -0.508 e. The molecule has 0 fully saturated rings. The molecule has 0 aliphatic rings. The summed E-state index contributed by atoms with van der Waals surface area (Å²) in [6, 6.07) is 7.88. The van der Waals surface area contributed by atoms with E-state index in [1.807, 2.05) is 6.92 Å². The Morgan fingerprint density at radius 1 is 1.00 bits per heavy atom. The first kappa shape index (κ1) is 18.1. The number of hydrogen-bond donors (Lipinski definition) is 4. The molecule has 0 amide bonds. The van der Waals surface area contributed by atoms with Crippen molar-refractivity contribution in [3.05, 3.63) is 47.0 Å². The van der Waals surface area contributed by atoms with E-state index in [2.05, 4.69) is 0 Å². The first-order valence-electron chi connectivity index (χ1n) is 7.77. The lowest BCUT2D eigenvalue weighted by Gasteiger charge is -2.26. The second-order valence-electron chi connectivity index (χ2n) is 6.72. The normalized spacial score (nSPS) is 12.9. The lowest BCUT2D eigenvalue weighted by molar-refractivity contribution is -0.0471. The minimum absolute atomic E-state index is 0.0425.